The number of benzene rings is 2. The molecule has 3 aliphatic heterocycles. The first-order valence-electron chi connectivity index (χ1n) is 12.9. The number of carbonyl (C=O) groups is 1. The first kappa shape index (κ1) is 23.8. The molecule has 0 saturated carbocycles. The van der Waals surface area contributed by atoms with Gasteiger partial charge in [-0.1, -0.05) is 35.9 Å². The molecule has 3 fully saturated rings. The van der Waals surface area contributed by atoms with Gasteiger partial charge in [-0.15, -0.1) is 0 Å². The molecule has 0 bridgehead atoms. The summed E-state index contributed by atoms with van der Waals surface area (Å²) in [7, 11) is 0. The molecule has 6 rings (SSSR count). The maximum absolute atomic E-state index is 13.6. The lowest BCUT2D eigenvalue weighted by atomic mass is 9.87. The second-order valence-corrected chi connectivity index (χ2v) is 10.5. The van der Waals surface area contributed by atoms with E-state index >= 15 is 0 Å². The van der Waals surface area contributed by atoms with Crippen LogP contribution in [-0.4, -0.2) is 80.1 Å². The number of ether oxygens (including phenoxy) is 2. The number of amides is 1. The number of halogens is 1. The quantitative estimate of drug-likeness (QED) is 0.546. The summed E-state index contributed by atoms with van der Waals surface area (Å²) in [6.45, 7) is 7.27. The van der Waals surface area contributed by atoms with E-state index in [0.717, 1.165) is 63.1 Å². The minimum absolute atomic E-state index is 0.0686. The highest BCUT2D eigenvalue weighted by Crippen LogP contribution is 2.34. The largest absolute Gasteiger partial charge is 0.381 e. The predicted molar refractivity (Wildman–Crippen MR) is 142 cm³/mol. The van der Waals surface area contributed by atoms with E-state index in [1.165, 1.54) is 5.69 Å². The second kappa shape index (κ2) is 10.1. The van der Waals surface area contributed by atoms with Crippen molar-refractivity contribution in [3.8, 4) is 0 Å². The third-order valence-corrected chi connectivity index (χ3v) is 8.45. The summed E-state index contributed by atoms with van der Waals surface area (Å²) < 4.78 is 13.3. The lowest BCUT2D eigenvalue weighted by Gasteiger charge is -2.50. The number of piperazine rings is 1. The molecule has 3 aromatic rings. The predicted octanol–water partition coefficient (Wildman–Crippen LogP) is 3.97. The van der Waals surface area contributed by atoms with Gasteiger partial charge in [-0.2, -0.15) is 0 Å². The lowest BCUT2D eigenvalue weighted by Crippen LogP contribution is -2.63. The zero-order valence-corrected chi connectivity index (χ0v) is 21.3. The fourth-order valence-corrected chi connectivity index (χ4v) is 6.17. The fourth-order valence-electron chi connectivity index (χ4n) is 5.90. The number of nitrogens with one attached hydrogen (secondary N) is 1. The van der Waals surface area contributed by atoms with E-state index in [-0.39, 0.29) is 17.5 Å². The molecule has 36 heavy (non-hydrogen) atoms. The van der Waals surface area contributed by atoms with Crippen LogP contribution in [0.15, 0.2) is 54.7 Å². The number of carbonyl (C=O) groups excluding carboxylic acids is 1. The van der Waals surface area contributed by atoms with Crippen molar-refractivity contribution in [1.82, 2.24) is 14.8 Å². The number of hydrogen-bond acceptors (Lipinski definition) is 5. The molecule has 0 spiro atoms. The first-order chi connectivity index (χ1) is 17.6. The van der Waals surface area contributed by atoms with E-state index in [4.69, 9.17) is 21.1 Å². The Morgan fingerprint density at radius 1 is 0.972 bits per heavy atom. The van der Waals surface area contributed by atoms with Gasteiger partial charge in [-0.25, -0.2) is 0 Å². The van der Waals surface area contributed by atoms with Gasteiger partial charge in [0.25, 0.3) is 5.91 Å². The number of fused-ring (bicyclic) bond motifs is 1. The van der Waals surface area contributed by atoms with Crippen LogP contribution in [-0.2, 0) is 9.47 Å². The topological polar surface area (TPSA) is 59.0 Å². The molecular formula is C28H33ClN4O3. The number of aromatic nitrogens is 1. The van der Waals surface area contributed by atoms with Crippen molar-refractivity contribution >= 4 is 34.1 Å². The Balaban J connectivity index is 1.19. The number of rotatable bonds is 6. The van der Waals surface area contributed by atoms with Gasteiger partial charge in [0.2, 0.25) is 0 Å². The van der Waals surface area contributed by atoms with E-state index in [1.807, 2.05) is 24.4 Å². The minimum Gasteiger partial charge on any atom is -0.381 e. The highest BCUT2D eigenvalue weighted by molar-refractivity contribution is 6.36. The highest BCUT2D eigenvalue weighted by atomic mass is 35.5. The smallest absolute Gasteiger partial charge is 0.253 e. The Bertz CT molecular complexity index is 1210. The Morgan fingerprint density at radius 2 is 1.72 bits per heavy atom. The molecule has 1 aromatic heterocycles. The molecule has 4 heterocycles. The van der Waals surface area contributed by atoms with Crippen molar-refractivity contribution in [2.45, 2.75) is 24.4 Å². The molecule has 0 atom stereocenters. The van der Waals surface area contributed by atoms with Crippen molar-refractivity contribution in [2.24, 2.45) is 0 Å². The van der Waals surface area contributed by atoms with Gasteiger partial charge in [0.15, 0.2) is 0 Å². The Kier molecular flexibility index (Phi) is 6.65. The molecule has 8 heteroatoms. The summed E-state index contributed by atoms with van der Waals surface area (Å²) in [5.74, 6) is -0.0686. The molecule has 7 nitrogen and oxygen atoms in total. The van der Waals surface area contributed by atoms with Crippen molar-refractivity contribution in [3.63, 3.8) is 0 Å². The molecule has 190 valence electrons. The van der Waals surface area contributed by atoms with Crippen LogP contribution >= 0.6 is 11.6 Å². The van der Waals surface area contributed by atoms with Crippen LogP contribution in [0.25, 0.3) is 10.9 Å². The van der Waals surface area contributed by atoms with E-state index in [0.29, 0.717) is 30.3 Å². The van der Waals surface area contributed by atoms with E-state index < -0.39 is 0 Å². The van der Waals surface area contributed by atoms with Gasteiger partial charge in [0.05, 0.1) is 35.4 Å². The number of para-hydroxylation sites is 1. The normalized spacial score (nSPS) is 20.9. The molecule has 3 aliphatic rings. The number of hydrogen-bond donors (Lipinski definition) is 1. The van der Waals surface area contributed by atoms with Crippen LogP contribution < -0.4 is 10.2 Å². The van der Waals surface area contributed by atoms with Gasteiger partial charge in [0.1, 0.15) is 0 Å². The highest BCUT2D eigenvalue weighted by Gasteiger charge is 2.40. The second-order valence-electron chi connectivity index (χ2n) is 10.1. The SMILES string of the molecule is O=C(NCC1(N2CCN(c3ccccc3)CC2)CCOCC1)c1cn(C2COC2)c2cccc(Cl)c12. The van der Waals surface area contributed by atoms with Crippen LogP contribution in [0.4, 0.5) is 5.69 Å². The lowest BCUT2D eigenvalue weighted by molar-refractivity contribution is -0.0298. The van der Waals surface area contributed by atoms with Gasteiger partial charge < -0.3 is 24.3 Å². The fraction of sp³-hybridized carbons (Fsp3) is 0.464. The molecule has 2 aromatic carbocycles. The average Bonchev–Trinajstić information content (AvgIpc) is 3.28. The maximum Gasteiger partial charge on any atom is 0.253 e. The minimum atomic E-state index is -0.0966. The number of nitrogens with zero attached hydrogens (tertiary/aromatic N) is 3. The zero-order chi connectivity index (χ0) is 24.5. The maximum atomic E-state index is 13.6. The van der Waals surface area contributed by atoms with Gasteiger partial charge >= 0.3 is 0 Å². The molecule has 0 unspecified atom stereocenters. The summed E-state index contributed by atoms with van der Waals surface area (Å²) in [4.78, 5) is 18.6. The molecule has 1 amide bonds. The number of anilines is 1. The van der Waals surface area contributed by atoms with Crippen molar-refractivity contribution in [2.75, 3.05) is 64.1 Å². The summed E-state index contributed by atoms with van der Waals surface area (Å²) in [5, 5.41) is 4.73. The first-order valence-corrected chi connectivity index (χ1v) is 13.3. The van der Waals surface area contributed by atoms with Crippen LogP contribution in [0.2, 0.25) is 5.02 Å². The van der Waals surface area contributed by atoms with Crippen molar-refractivity contribution in [3.05, 3.63) is 65.3 Å². The third kappa shape index (κ3) is 4.39. The van der Waals surface area contributed by atoms with Crippen molar-refractivity contribution < 1.29 is 14.3 Å². The summed E-state index contributed by atoms with van der Waals surface area (Å²) in [6.07, 6.45) is 3.79. The van der Waals surface area contributed by atoms with E-state index in [9.17, 15) is 4.79 Å². The van der Waals surface area contributed by atoms with E-state index in [1.54, 1.807) is 0 Å². The third-order valence-electron chi connectivity index (χ3n) is 8.14. The van der Waals surface area contributed by atoms with Gasteiger partial charge in [-0.3, -0.25) is 9.69 Å². The van der Waals surface area contributed by atoms with Crippen LogP contribution in [0.5, 0.6) is 0 Å². The Hall–Kier alpha value is -2.58. The molecule has 3 saturated heterocycles. The van der Waals surface area contributed by atoms with Crippen LogP contribution in [0, 0.1) is 0 Å². The molecule has 1 N–H and O–H groups in total. The van der Waals surface area contributed by atoms with Gasteiger partial charge in [-0.05, 0) is 37.1 Å². The monoisotopic (exact) mass is 508 g/mol. The standard InChI is InChI=1S/C28H33ClN4O3/c29-24-7-4-8-25-26(24)23(17-33(25)22-18-36-19-22)27(34)30-20-28(9-15-35-16-10-28)32-13-11-31(12-14-32)21-5-2-1-3-6-21/h1-8,17,22H,9-16,18-20H2,(H,30,34). The van der Waals surface area contributed by atoms with E-state index in [2.05, 4.69) is 50.0 Å². The zero-order valence-electron chi connectivity index (χ0n) is 20.5. The molecular weight excluding hydrogens is 476 g/mol. The van der Waals surface area contributed by atoms with Crippen LogP contribution in [0.3, 0.4) is 0 Å². The molecule has 0 aliphatic carbocycles. The summed E-state index contributed by atoms with van der Waals surface area (Å²) in [5.41, 5.74) is 2.80. The average molecular weight is 509 g/mol. The van der Waals surface area contributed by atoms with Crippen molar-refractivity contribution in [1.29, 1.82) is 0 Å². The Morgan fingerprint density at radius 3 is 2.42 bits per heavy atom. The Labute approximate surface area is 216 Å². The van der Waals surface area contributed by atoms with Crippen LogP contribution in [0.1, 0.15) is 29.2 Å². The summed E-state index contributed by atoms with van der Waals surface area (Å²) in [6, 6.07) is 16.7. The summed E-state index contributed by atoms with van der Waals surface area (Å²) >= 11 is 6.59. The van der Waals surface area contributed by atoms with Gasteiger partial charge in [0, 0.05) is 68.7 Å². The molecule has 0 radical (unpaired) electrons.